The second-order valence-corrected chi connectivity index (χ2v) is 5.29. The Morgan fingerprint density at radius 2 is 2.12 bits per heavy atom. The van der Waals surface area contributed by atoms with Crippen LogP contribution in [0.3, 0.4) is 0 Å². The minimum Gasteiger partial charge on any atom is -0.454 e. The molecule has 8 nitrogen and oxygen atoms in total. The van der Waals surface area contributed by atoms with E-state index in [0.29, 0.717) is 31.2 Å². The highest BCUT2D eigenvalue weighted by Gasteiger charge is 2.13. The lowest BCUT2D eigenvalue weighted by Crippen LogP contribution is -2.38. The zero-order chi connectivity index (χ0) is 16.8. The van der Waals surface area contributed by atoms with E-state index in [1.165, 1.54) is 0 Å². The molecule has 1 aliphatic heterocycles. The van der Waals surface area contributed by atoms with E-state index in [2.05, 4.69) is 25.8 Å². The van der Waals surface area contributed by atoms with Gasteiger partial charge in [-0.05, 0) is 31.5 Å². The van der Waals surface area contributed by atoms with Crippen LogP contribution in [0.5, 0.6) is 11.5 Å². The molecule has 1 aliphatic rings. The van der Waals surface area contributed by atoms with Crippen molar-refractivity contribution in [1.29, 1.82) is 0 Å². The molecule has 0 amide bonds. The van der Waals surface area contributed by atoms with Crippen molar-refractivity contribution >= 4 is 5.96 Å². The van der Waals surface area contributed by atoms with Crippen LogP contribution in [0.1, 0.15) is 24.2 Å². The minimum atomic E-state index is 0.279. The Morgan fingerprint density at radius 1 is 1.25 bits per heavy atom. The molecule has 0 atom stereocenters. The van der Waals surface area contributed by atoms with Gasteiger partial charge in [-0.1, -0.05) is 11.2 Å². The van der Waals surface area contributed by atoms with Crippen LogP contribution in [0.15, 0.2) is 27.7 Å². The maximum Gasteiger partial charge on any atom is 0.231 e. The quantitative estimate of drug-likeness (QED) is 0.610. The molecular weight excluding hydrogens is 310 g/mol. The van der Waals surface area contributed by atoms with Gasteiger partial charge in [0, 0.05) is 19.5 Å². The van der Waals surface area contributed by atoms with Gasteiger partial charge in [-0.2, -0.15) is 4.98 Å². The first kappa shape index (κ1) is 16.1. The smallest absolute Gasteiger partial charge is 0.231 e. The number of nitrogens with zero attached hydrogens (tertiary/aromatic N) is 3. The van der Waals surface area contributed by atoms with Crippen molar-refractivity contribution in [3.63, 3.8) is 0 Å². The van der Waals surface area contributed by atoms with Crippen molar-refractivity contribution in [2.75, 3.05) is 19.9 Å². The number of nitrogens with one attached hydrogen (secondary N) is 2. The summed E-state index contributed by atoms with van der Waals surface area (Å²) in [5.41, 5.74) is 1.06. The summed E-state index contributed by atoms with van der Waals surface area (Å²) >= 11 is 0. The number of hydrogen-bond acceptors (Lipinski definition) is 6. The van der Waals surface area contributed by atoms with Gasteiger partial charge in [0.2, 0.25) is 12.7 Å². The summed E-state index contributed by atoms with van der Waals surface area (Å²) in [6.45, 7) is 6.10. The Morgan fingerprint density at radius 3 is 2.92 bits per heavy atom. The fourth-order valence-corrected chi connectivity index (χ4v) is 2.28. The summed E-state index contributed by atoms with van der Waals surface area (Å²) in [6, 6.07) is 5.85. The SMILES string of the molecule is CCNC(=NCc1ccc2c(c1)OCO2)NCCc1nc(C)no1. The van der Waals surface area contributed by atoms with Crippen molar-refractivity contribution in [3.8, 4) is 11.5 Å². The number of fused-ring (bicyclic) bond motifs is 1. The standard InChI is InChI=1S/C16H21N5O3/c1-3-17-16(18-7-6-15-20-11(2)21-24-15)19-9-12-4-5-13-14(8-12)23-10-22-13/h4-5,8H,3,6-7,9-10H2,1-2H3,(H2,17,18,19). The van der Waals surface area contributed by atoms with Crippen LogP contribution in [0.2, 0.25) is 0 Å². The molecular formula is C16H21N5O3. The average molecular weight is 331 g/mol. The summed E-state index contributed by atoms with van der Waals surface area (Å²) in [4.78, 5) is 8.75. The van der Waals surface area contributed by atoms with Crippen molar-refractivity contribution in [2.24, 2.45) is 4.99 Å². The Balaban J connectivity index is 1.54. The number of guanidine groups is 1. The zero-order valence-corrected chi connectivity index (χ0v) is 13.8. The summed E-state index contributed by atoms with van der Waals surface area (Å²) in [5.74, 6) is 3.56. The molecule has 2 aromatic rings. The van der Waals surface area contributed by atoms with Gasteiger partial charge in [0.15, 0.2) is 23.3 Å². The topological polar surface area (TPSA) is 93.8 Å². The van der Waals surface area contributed by atoms with Gasteiger partial charge in [0.25, 0.3) is 0 Å². The van der Waals surface area contributed by atoms with Gasteiger partial charge < -0.3 is 24.6 Å². The van der Waals surface area contributed by atoms with Gasteiger partial charge in [-0.25, -0.2) is 4.99 Å². The van der Waals surface area contributed by atoms with Crippen LogP contribution >= 0.6 is 0 Å². The molecule has 0 saturated carbocycles. The van der Waals surface area contributed by atoms with E-state index >= 15 is 0 Å². The first-order valence-corrected chi connectivity index (χ1v) is 7.94. The molecule has 0 spiro atoms. The highest BCUT2D eigenvalue weighted by Crippen LogP contribution is 2.32. The molecule has 0 unspecified atom stereocenters. The number of aromatic nitrogens is 2. The Labute approximate surface area is 140 Å². The second-order valence-electron chi connectivity index (χ2n) is 5.29. The van der Waals surface area contributed by atoms with E-state index in [1.54, 1.807) is 6.92 Å². The van der Waals surface area contributed by atoms with Crippen molar-refractivity contribution in [3.05, 3.63) is 35.5 Å². The molecule has 1 aromatic carbocycles. The molecule has 0 radical (unpaired) electrons. The Bertz CT molecular complexity index is 713. The van der Waals surface area contributed by atoms with Crippen LogP contribution < -0.4 is 20.1 Å². The maximum atomic E-state index is 5.38. The number of rotatable bonds is 6. The van der Waals surface area contributed by atoms with Gasteiger partial charge in [-0.15, -0.1) is 0 Å². The van der Waals surface area contributed by atoms with Gasteiger partial charge in [-0.3, -0.25) is 0 Å². The highest BCUT2D eigenvalue weighted by molar-refractivity contribution is 5.79. The van der Waals surface area contributed by atoms with E-state index in [0.717, 1.165) is 29.6 Å². The van der Waals surface area contributed by atoms with Crippen molar-refractivity contribution < 1.29 is 14.0 Å². The molecule has 1 aromatic heterocycles. The van der Waals surface area contributed by atoms with Crippen LogP contribution in [0.25, 0.3) is 0 Å². The minimum absolute atomic E-state index is 0.279. The van der Waals surface area contributed by atoms with E-state index in [4.69, 9.17) is 14.0 Å². The van der Waals surface area contributed by atoms with Gasteiger partial charge in [0.05, 0.1) is 6.54 Å². The molecule has 2 heterocycles. The normalized spacial score (nSPS) is 13.2. The summed E-state index contributed by atoms with van der Waals surface area (Å²) in [5, 5.41) is 10.2. The molecule has 0 fully saturated rings. The predicted octanol–water partition coefficient (Wildman–Crippen LogP) is 1.40. The number of ether oxygens (including phenoxy) is 2. The third-order valence-electron chi connectivity index (χ3n) is 3.40. The van der Waals surface area contributed by atoms with Crippen LogP contribution in [0.4, 0.5) is 0 Å². The molecule has 0 aliphatic carbocycles. The van der Waals surface area contributed by atoms with E-state index < -0.39 is 0 Å². The first-order valence-electron chi connectivity index (χ1n) is 7.94. The Kier molecular flexibility index (Phi) is 5.15. The molecule has 0 saturated heterocycles. The maximum absolute atomic E-state index is 5.38. The average Bonchev–Trinajstić information content (AvgIpc) is 3.20. The molecule has 0 bridgehead atoms. The molecule has 24 heavy (non-hydrogen) atoms. The van der Waals surface area contributed by atoms with Gasteiger partial charge >= 0.3 is 0 Å². The monoisotopic (exact) mass is 331 g/mol. The second kappa shape index (κ2) is 7.67. The summed E-state index contributed by atoms with van der Waals surface area (Å²) < 4.78 is 15.8. The first-order chi connectivity index (χ1) is 11.7. The number of benzene rings is 1. The third kappa shape index (κ3) is 4.15. The lowest BCUT2D eigenvalue weighted by Gasteiger charge is -2.10. The molecule has 2 N–H and O–H groups in total. The largest absolute Gasteiger partial charge is 0.454 e. The van der Waals surface area contributed by atoms with Crippen LogP contribution in [-0.4, -0.2) is 36.0 Å². The predicted molar refractivity (Wildman–Crippen MR) is 88.1 cm³/mol. The summed E-state index contributed by atoms with van der Waals surface area (Å²) in [6.07, 6.45) is 0.648. The number of hydrogen-bond donors (Lipinski definition) is 2. The third-order valence-corrected chi connectivity index (χ3v) is 3.40. The lowest BCUT2D eigenvalue weighted by atomic mass is 10.2. The fourth-order valence-electron chi connectivity index (χ4n) is 2.28. The molecule has 3 rings (SSSR count). The van der Waals surface area contributed by atoms with Crippen molar-refractivity contribution in [2.45, 2.75) is 26.8 Å². The van der Waals surface area contributed by atoms with E-state index in [9.17, 15) is 0 Å². The van der Waals surface area contributed by atoms with E-state index in [1.807, 2.05) is 25.1 Å². The highest BCUT2D eigenvalue weighted by atomic mass is 16.7. The van der Waals surface area contributed by atoms with E-state index in [-0.39, 0.29) is 6.79 Å². The number of aliphatic imine (C=N–C) groups is 1. The molecule has 8 heteroatoms. The van der Waals surface area contributed by atoms with Crippen LogP contribution in [-0.2, 0) is 13.0 Å². The van der Waals surface area contributed by atoms with Crippen LogP contribution in [0, 0.1) is 6.92 Å². The zero-order valence-electron chi connectivity index (χ0n) is 13.8. The Hall–Kier alpha value is -2.77. The summed E-state index contributed by atoms with van der Waals surface area (Å²) in [7, 11) is 0. The lowest BCUT2D eigenvalue weighted by molar-refractivity contribution is 0.174. The molecule has 128 valence electrons. The number of aryl methyl sites for hydroxylation is 1. The van der Waals surface area contributed by atoms with Gasteiger partial charge in [0.1, 0.15) is 0 Å². The fraction of sp³-hybridized carbons (Fsp3) is 0.438. The van der Waals surface area contributed by atoms with Crippen molar-refractivity contribution in [1.82, 2.24) is 20.8 Å².